The molecule has 0 amide bonds. The van der Waals surface area contributed by atoms with Crippen LogP contribution < -0.4 is 5.32 Å². The lowest BCUT2D eigenvalue weighted by Gasteiger charge is -2.09. The predicted molar refractivity (Wildman–Crippen MR) is 79.2 cm³/mol. The van der Waals surface area contributed by atoms with Crippen molar-refractivity contribution in [3.05, 3.63) is 52.8 Å². The quantitative estimate of drug-likeness (QED) is 0.892. The van der Waals surface area contributed by atoms with E-state index >= 15 is 0 Å². The lowest BCUT2D eigenvalue weighted by molar-refractivity contribution is 0.588. The molecule has 1 aromatic heterocycles. The molecule has 0 saturated heterocycles. The fourth-order valence-electron chi connectivity index (χ4n) is 2.17. The van der Waals surface area contributed by atoms with E-state index in [2.05, 4.69) is 62.5 Å². The first-order valence-electron chi connectivity index (χ1n) is 6.86. The molecule has 2 aromatic rings. The third kappa shape index (κ3) is 3.67. The van der Waals surface area contributed by atoms with Gasteiger partial charge in [-0.25, -0.2) is 0 Å². The van der Waals surface area contributed by atoms with Crippen molar-refractivity contribution in [3.8, 4) is 0 Å². The molecule has 1 N–H and O–H groups in total. The average molecular weight is 257 g/mol. The summed E-state index contributed by atoms with van der Waals surface area (Å²) in [6.07, 6.45) is 4.07. The molecular formula is C16H23N3. The van der Waals surface area contributed by atoms with Gasteiger partial charge in [-0.3, -0.25) is 4.68 Å². The fraction of sp³-hybridized carbons (Fsp3) is 0.438. The first-order chi connectivity index (χ1) is 9.06. The van der Waals surface area contributed by atoms with Crippen molar-refractivity contribution >= 4 is 0 Å². The SMILES string of the molecule is Cc1cccc(C)c1Cn1cc(CNC(C)C)cn1. The summed E-state index contributed by atoms with van der Waals surface area (Å²) >= 11 is 0. The van der Waals surface area contributed by atoms with Crippen LogP contribution in [0.1, 0.15) is 36.1 Å². The van der Waals surface area contributed by atoms with Crippen LogP contribution in [0.2, 0.25) is 0 Å². The van der Waals surface area contributed by atoms with E-state index in [1.807, 2.05) is 10.9 Å². The Balaban J connectivity index is 2.07. The van der Waals surface area contributed by atoms with Crippen LogP contribution in [0.15, 0.2) is 30.6 Å². The van der Waals surface area contributed by atoms with Gasteiger partial charge in [0.25, 0.3) is 0 Å². The Labute approximate surface area is 115 Å². The maximum Gasteiger partial charge on any atom is 0.0664 e. The van der Waals surface area contributed by atoms with E-state index in [4.69, 9.17) is 0 Å². The van der Waals surface area contributed by atoms with Crippen LogP contribution in [0, 0.1) is 13.8 Å². The van der Waals surface area contributed by atoms with Gasteiger partial charge in [-0.05, 0) is 30.5 Å². The smallest absolute Gasteiger partial charge is 0.0664 e. The highest BCUT2D eigenvalue weighted by atomic mass is 15.3. The van der Waals surface area contributed by atoms with Crippen LogP contribution in [0.25, 0.3) is 0 Å². The molecule has 0 saturated carbocycles. The summed E-state index contributed by atoms with van der Waals surface area (Å²) < 4.78 is 2.02. The van der Waals surface area contributed by atoms with Gasteiger partial charge in [-0.15, -0.1) is 0 Å². The van der Waals surface area contributed by atoms with Gasteiger partial charge < -0.3 is 5.32 Å². The summed E-state index contributed by atoms with van der Waals surface area (Å²) in [5.74, 6) is 0. The van der Waals surface area contributed by atoms with E-state index in [-0.39, 0.29) is 0 Å². The van der Waals surface area contributed by atoms with Gasteiger partial charge in [0.15, 0.2) is 0 Å². The van der Waals surface area contributed by atoms with Crippen molar-refractivity contribution < 1.29 is 0 Å². The molecule has 3 nitrogen and oxygen atoms in total. The minimum Gasteiger partial charge on any atom is -0.310 e. The summed E-state index contributed by atoms with van der Waals surface area (Å²) in [4.78, 5) is 0. The van der Waals surface area contributed by atoms with Crippen molar-refractivity contribution in [1.29, 1.82) is 0 Å². The van der Waals surface area contributed by atoms with Gasteiger partial charge in [-0.1, -0.05) is 32.0 Å². The van der Waals surface area contributed by atoms with Gasteiger partial charge in [0, 0.05) is 24.3 Å². The zero-order valence-corrected chi connectivity index (χ0v) is 12.3. The summed E-state index contributed by atoms with van der Waals surface area (Å²) in [5, 5.41) is 7.86. The summed E-state index contributed by atoms with van der Waals surface area (Å²) in [7, 11) is 0. The van der Waals surface area contributed by atoms with Gasteiger partial charge in [0.05, 0.1) is 12.7 Å². The third-order valence-electron chi connectivity index (χ3n) is 3.37. The predicted octanol–water partition coefficient (Wildman–Crippen LogP) is 3.05. The van der Waals surface area contributed by atoms with Crippen LogP contribution in [0.3, 0.4) is 0 Å². The van der Waals surface area contributed by atoms with Crippen molar-refractivity contribution in [2.75, 3.05) is 0 Å². The minimum absolute atomic E-state index is 0.502. The molecule has 3 heteroatoms. The Morgan fingerprint density at radius 3 is 2.53 bits per heavy atom. The minimum atomic E-state index is 0.502. The molecule has 0 aliphatic carbocycles. The Hall–Kier alpha value is -1.61. The second-order valence-corrected chi connectivity index (χ2v) is 5.45. The van der Waals surface area contributed by atoms with Crippen LogP contribution in [-0.2, 0) is 13.1 Å². The number of aromatic nitrogens is 2. The number of hydrogen-bond acceptors (Lipinski definition) is 2. The highest BCUT2D eigenvalue weighted by Crippen LogP contribution is 2.14. The van der Waals surface area contributed by atoms with Crippen molar-refractivity contribution in [2.24, 2.45) is 0 Å². The van der Waals surface area contributed by atoms with Crippen LogP contribution in [-0.4, -0.2) is 15.8 Å². The number of nitrogens with zero attached hydrogens (tertiary/aromatic N) is 2. The highest BCUT2D eigenvalue weighted by Gasteiger charge is 2.05. The van der Waals surface area contributed by atoms with Crippen molar-refractivity contribution in [2.45, 2.75) is 46.8 Å². The number of aryl methyl sites for hydroxylation is 2. The van der Waals surface area contributed by atoms with E-state index in [9.17, 15) is 0 Å². The largest absolute Gasteiger partial charge is 0.310 e. The topological polar surface area (TPSA) is 29.9 Å². The molecule has 2 rings (SSSR count). The molecule has 0 atom stereocenters. The normalized spacial score (nSPS) is 11.2. The lowest BCUT2D eigenvalue weighted by Crippen LogP contribution is -2.21. The van der Waals surface area contributed by atoms with Gasteiger partial charge >= 0.3 is 0 Å². The summed E-state index contributed by atoms with van der Waals surface area (Å²) in [5.41, 5.74) is 5.27. The fourth-order valence-corrected chi connectivity index (χ4v) is 2.17. The molecule has 0 fully saturated rings. The third-order valence-corrected chi connectivity index (χ3v) is 3.37. The van der Waals surface area contributed by atoms with Crippen molar-refractivity contribution in [1.82, 2.24) is 15.1 Å². The van der Waals surface area contributed by atoms with E-state index in [1.54, 1.807) is 0 Å². The maximum atomic E-state index is 4.45. The molecule has 0 radical (unpaired) electrons. The molecule has 0 aliphatic heterocycles. The molecule has 19 heavy (non-hydrogen) atoms. The van der Waals surface area contributed by atoms with E-state index in [0.29, 0.717) is 6.04 Å². The highest BCUT2D eigenvalue weighted by molar-refractivity contribution is 5.33. The van der Waals surface area contributed by atoms with E-state index in [0.717, 1.165) is 13.1 Å². The molecule has 0 unspecified atom stereocenters. The van der Waals surface area contributed by atoms with Crippen LogP contribution in [0.5, 0.6) is 0 Å². The summed E-state index contributed by atoms with van der Waals surface area (Å²) in [6.45, 7) is 10.4. The number of hydrogen-bond donors (Lipinski definition) is 1. The standard InChI is InChI=1S/C16H23N3/c1-12(2)17-8-15-9-18-19(10-15)11-16-13(3)6-5-7-14(16)4/h5-7,9-10,12,17H,8,11H2,1-4H3. The van der Waals surface area contributed by atoms with Crippen LogP contribution >= 0.6 is 0 Å². The Morgan fingerprint density at radius 2 is 1.89 bits per heavy atom. The van der Waals surface area contributed by atoms with E-state index < -0.39 is 0 Å². The Bertz CT molecular complexity index is 520. The molecule has 1 heterocycles. The molecule has 0 spiro atoms. The zero-order valence-electron chi connectivity index (χ0n) is 12.3. The van der Waals surface area contributed by atoms with Crippen molar-refractivity contribution in [3.63, 3.8) is 0 Å². The molecule has 0 aliphatic rings. The first-order valence-corrected chi connectivity index (χ1v) is 6.86. The molecule has 0 bridgehead atoms. The maximum absolute atomic E-state index is 4.45. The second-order valence-electron chi connectivity index (χ2n) is 5.45. The van der Waals surface area contributed by atoms with Gasteiger partial charge in [-0.2, -0.15) is 5.10 Å². The summed E-state index contributed by atoms with van der Waals surface area (Å²) in [6, 6.07) is 6.93. The molecule has 102 valence electrons. The first kappa shape index (κ1) is 13.8. The number of rotatable bonds is 5. The van der Waals surface area contributed by atoms with Crippen LogP contribution in [0.4, 0.5) is 0 Å². The Morgan fingerprint density at radius 1 is 1.21 bits per heavy atom. The average Bonchev–Trinajstić information content (AvgIpc) is 2.79. The van der Waals surface area contributed by atoms with Gasteiger partial charge in [0.1, 0.15) is 0 Å². The van der Waals surface area contributed by atoms with Gasteiger partial charge in [0.2, 0.25) is 0 Å². The zero-order chi connectivity index (χ0) is 13.8. The molecular weight excluding hydrogens is 234 g/mol. The molecule has 1 aromatic carbocycles. The Kier molecular flexibility index (Phi) is 4.38. The second kappa shape index (κ2) is 6.02. The monoisotopic (exact) mass is 257 g/mol. The lowest BCUT2D eigenvalue weighted by atomic mass is 10.0. The number of benzene rings is 1. The number of nitrogens with one attached hydrogen (secondary N) is 1. The van der Waals surface area contributed by atoms with E-state index in [1.165, 1.54) is 22.3 Å².